The molecule has 1 heterocycles. The van der Waals surface area contributed by atoms with Gasteiger partial charge in [0.05, 0.1) is 0 Å². The lowest BCUT2D eigenvalue weighted by molar-refractivity contribution is -0.139. The summed E-state index contributed by atoms with van der Waals surface area (Å²) < 4.78 is 0. The van der Waals surface area contributed by atoms with Crippen LogP contribution in [-0.2, 0) is 4.79 Å². The Labute approximate surface area is 129 Å². The smallest absolute Gasteiger partial charge is 0.331 e. The van der Waals surface area contributed by atoms with Gasteiger partial charge >= 0.3 is 12.0 Å². The molecular formula is C14H23N3O3S. The van der Waals surface area contributed by atoms with Crippen LogP contribution in [0.3, 0.4) is 0 Å². The van der Waals surface area contributed by atoms with Crippen molar-refractivity contribution < 1.29 is 14.7 Å². The van der Waals surface area contributed by atoms with Gasteiger partial charge in [-0.25, -0.2) is 9.59 Å². The van der Waals surface area contributed by atoms with Gasteiger partial charge in [-0.2, -0.15) is 0 Å². The van der Waals surface area contributed by atoms with Crippen molar-refractivity contribution in [2.75, 3.05) is 26.2 Å². The number of rotatable bonds is 9. The van der Waals surface area contributed by atoms with E-state index in [2.05, 4.69) is 29.4 Å². The largest absolute Gasteiger partial charge is 0.479 e. The van der Waals surface area contributed by atoms with Crippen molar-refractivity contribution in [1.82, 2.24) is 15.5 Å². The first-order chi connectivity index (χ1) is 10.1. The lowest BCUT2D eigenvalue weighted by Crippen LogP contribution is -2.43. The number of carbonyl (C=O) groups is 2. The molecule has 6 nitrogen and oxygen atoms in total. The van der Waals surface area contributed by atoms with E-state index in [-0.39, 0.29) is 0 Å². The molecule has 0 fully saturated rings. The predicted molar refractivity (Wildman–Crippen MR) is 83.6 cm³/mol. The van der Waals surface area contributed by atoms with E-state index in [9.17, 15) is 14.7 Å². The third-order valence-corrected chi connectivity index (χ3v) is 3.99. The Morgan fingerprint density at radius 1 is 1.38 bits per heavy atom. The van der Waals surface area contributed by atoms with Crippen LogP contribution in [0.15, 0.2) is 17.5 Å². The molecule has 0 aromatic carbocycles. The molecule has 1 rings (SSSR count). The fourth-order valence-corrected chi connectivity index (χ4v) is 2.73. The first kappa shape index (κ1) is 17.5. The van der Waals surface area contributed by atoms with E-state index in [4.69, 9.17) is 0 Å². The second kappa shape index (κ2) is 9.36. The van der Waals surface area contributed by atoms with Crippen molar-refractivity contribution in [3.8, 4) is 0 Å². The number of amides is 2. The molecule has 0 spiro atoms. The third kappa shape index (κ3) is 6.14. The quantitative estimate of drug-likeness (QED) is 0.650. The minimum atomic E-state index is -1.06. The highest BCUT2D eigenvalue weighted by molar-refractivity contribution is 7.10. The topological polar surface area (TPSA) is 81.7 Å². The number of urea groups is 1. The molecule has 2 amide bonds. The normalized spacial score (nSPS) is 12.1. The number of hydrogen-bond acceptors (Lipinski definition) is 4. The van der Waals surface area contributed by atoms with E-state index in [0.29, 0.717) is 11.4 Å². The van der Waals surface area contributed by atoms with Gasteiger partial charge in [0.1, 0.15) is 0 Å². The zero-order chi connectivity index (χ0) is 15.7. The van der Waals surface area contributed by atoms with Crippen LogP contribution in [0.5, 0.6) is 0 Å². The highest BCUT2D eigenvalue weighted by atomic mass is 32.1. The van der Waals surface area contributed by atoms with Crippen LogP contribution in [0.2, 0.25) is 0 Å². The summed E-state index contributed by atoms with van der Waals surface area (Å²) in [5.41, 5.74) is 0. The first-order valence-electron chi connectivity index (χ1n) is 7.11. The Bertz CT molecular complexity index is 437. The second-order valence-corrected chi connectivity index (χ2v) is 5.60. The van der Waals surface area contributed by atoms with Gasteiger partial charge in [-0.1, -0.05) is 19.9 Å². The van der Waals surface area contributed by atoms with E-state index in [1.165, 1.54) is 11.3 Å². The van der Waals surface area contributed by atoms with Crippen molar-refractivity contribution in [3.63, 3.8) is 0 Å². The van der Waals surface area contributed by atoms with Crippen molar-refractivity contribution in [2.45, 2.75) is 26.3 Å². The van der Waals surface area contributed by atoms with Gasteiger partial charge in [0.15, 0.2) is 6.04 Å². The Balaban J connectivity index is 2.39. The Kier molecular flexibility index (Phi) is 7.78. The fourth-order valence-electron chi connectivity index (χ4n) is 1.96. The second-order valence-electron chi connectivity index (χ2n) is 4.62. The van der Waals surface area contributed by atoms with Crippen LogP contribution in [0, 0.1) is 0 Å². The minimum absolute atomic E-state index is 0.455. The number of carboxylic acid groups (broad SMARTS) is 1. The van der Waals surface area contributed by atoms with Gasteiger partial charge in [0, 0.05) is 18.0 Å². The van der Waals surface area contributed by atoms with E-state index in [1.54, 1.807) is 17.5 Å². The van der Waals surface area contributed by atoms with E-state index >= 15 is 0 Å². The predicted octanol–water partition coefficient (Wildman–Crippen LogP) is 1.90. The van der Waals surface area contributed by atoms with Crippen molar-refractivity contribution in [1.29, 1.82) is 0 Å². The Hall–Kier alpha value is -1.60. The summed E-state index contributed by atoms with van der Waals surface area (Å²) in [6.07, 6.45) is 1.07. The van der Waals surface area contributed by atoms with E-state index in [1.807, 2.05) is 0 Å². The van der Waals surface area contributed by atoms with Gasteiger partial charge in [0.2, 0.25) is 0 Å². The van der Waals surface area contributed by atoms with Crippen LogP contribution < -0.4 is 10.6 Å². The van der Waals surface area contributed by atoms with Crippen LogP contribution in [-0.4, -0.2) is 48.2 Å². The summed E-state index contributed by atoms with van der Waals surface area (Å²) in [5, 5.41) is 16.1. The zero-order valence-electron chi connectivity index (χ0n) is 12.5. The van der Waals surface area contributed by atoms with Gasteiger partial charge in [-0.05, 0) is 31.0 Å². The molecule has 0 radical (unpaired) electrons. The summed E-state index contributed by atoms with van der Waals surface area (Å²) in [6.45, 7) is 7.37. The molecular weight excluding hydrogens is 290 g/mol. The maximum absolute atomic E-state index is 11.8. The molecule has 0 aliphatic rings. The van der Waals surface area contributed by atoms with Crippen molar-refractivity contribution >= 4 is 23.3 Å². The molecule has 0 saturated carbocycles. The summed E-state index contributed by atoms with van der Waals surface area (Å²) >= 11 is 1.31. The summed E-state index contributed by atoms with van der Waals surface area (Å²) in [6, 6.07) is 2.01. The number of thiophene rings is 1. The lowest BCUT2D eigenvalue weighted by atomic mass is 10.2. The van der Waals surface area contributed by atoms with E-state index in [0.717, 1.165) is 26.1 Å². The number of hydrogen-bond donors (Lipinski definition) is 3. The van der Waals surface area contributed by atoms with Crippen LogP contribution in [0.25, 0.3) is 0 Å². The highest BCUT2D eigenvalue weighted by Crippen LogP contribution is 2.18. The maximum Gasteiger partial charge on any atom is 0.331 e. The molecule has 3 N–H and O–H groups in total. The van der Waals surface area contributed by atoms with E-state index < -0.39 is 18.0 Å². The Morgan fingerprint density at radius 3 is 2.67 bits per heavy atom. The van der Waals surface area contributed by atoms with Gasteiger partial charge in [-0.3, -0.25) is 0 Å². The SMILES string of the molecule is CCCN(CC)CCNC(=O)NC(C(=O)O)c1cccs1. The van der Waals surface area contributed by atoms with Crippen LogP contribution in [0.1, 0.15) is 31.2 Å². The molecule has 0 aliphatic carbocycles. The Morgan fingerprint density at radius 2 is 2.14 bits per heavy atom. The van der Waals surface area contributed by atoms with Gasteiger partial charge in [0.25, 0.3) is 0 Å². The highest BCUT2D eigenvalue weighted by Gasteiger charge is 2.22. The third-order valence-electron chi connectivity index (χ3n) is 3.05. The molecule has 0 bridgehead atoms. The average Bonchev–Trinajstić information content (AvgIpc) is 2.97. The fraction of sp³-hybridized carbons (Fsp3) is 0.571. The molecule has 1 aromatic heterocycles. The monoisotopic (exact) mass is 313 g/mol. The summed E-state index contributed by atoms with van der Waals surface area (Å²) in [5.74, 6) is -1.06. The molecule has 1 atom stereocenters. The van der Waals surface area contributed by atoms with Crippen molar-refractivity contribution in [3.05, 3.63) is 22.4 Å². The van der Waals surface area contributed by atoms with Crippen LogP contribution in [0.4, 0.5) is 4.79 Å². The molecule has 0 saturated heterocycles. The molecule has 7 heteroatoms. The number of carbonyl (C=O) groups excluding carboxylic acids is 1. The summed E-state index contributed by atoms with van der Waals surface area (Å²) in [4.78, 5) is 25.8. The number of carboxylic acids is 1. The molecule has 1 unspecified atom stereocenters. The molecule has 21 heavy (non-hydrogen) atoms. The minimum Gasteiger partial charge on any atom is -0.479 e. The van der Waals surface area contributed by atoms with Gasteiger partial charge < -0.3 is 20.6 Å². The lowest BCUT2D eigenvalue weighted by Gasteiger charge is -2.20. The summed E-state index contributed by atoms with van der Waals surface area (Å²) in [7, 11) is 0. The number of nitrogens with zero attached hydrogens (tertiary/aromatic N) is 1. The standard InChI is InChI=1S/C14H23N3O3S/c1-3-8-17(4-2)9-7-15-14(20)16-12(13(18)19)11-6-5-10-21-11/h5-6,10,12H,3-4,7-9H2,1-2H3,(H,18,19)(H2,15,16,20). The van der Waals surface area contributed by atoms with Crippen LogP contribution >= 0.6 is 11.3 Å². The van der Waals surface area contributed by atoms with Crippen molar-refractivity contribution in [2.24, 2.45) is 0 Å². The molecule has 0 aliphatic heterocycles. The van der Waals surface area contributed by atoms with Gasteiger partial charge in [-0.15, -0.1) is 11.3 Å². The maximum atomic E-state index is 11.8. The zero-order valence-corrected chi connectivity index (χ0v) is 13.3. The number of nitrogens with one attached hydrogen (secondary N) is 2. The molecule has 1 aromatic rings. The average molecular weight is 313 g/mol. The molecule has 118 valence electrons. The first-order valence-corrected chi connectivity index (χ1v) is 7.99. The number of aliphatic carboxylic acids is 1. The number of likely N-dealkylation sites (N-methyl/N-ethyl adjacent to an activating group) is 1.